The number of rotatable bonds is 2. The van der Waals surface area contributed by atoms with Gasteiger partial charge in [-0.3, -0.25) is 0 Å². The van der Waals surface area contributed by atoms with Gasteiger partial charge in [-0.05, 0) is 13.8 Å². The minimum Gasteiger partial charge on any atom is -0.395 e. The van der Waals surface area contributed by atoms with E-state index in [4.69, 9.17) is 4.74 Å². The Hall–Kier alpha value is -0.400. The fourth-order valence-corrected chi connectivity index (χ4v) is 5.46. The van der Waals surface area contributed by atoms with Crippen LogP contribution in [-0.4, -0.2) is 113 Å². The Kier molecular flexibility index (Phi) is 4.12. The topological polar surface area (TPSA) is 191 Å². The van der Waals surface area contributed by atoms with Crippen LogP contribution in [0.2, 0.25) is 0 Å². The van der Waals surface area contributed by atoms with Crippen molar-refractivity contribution in [2.75, 3.05) is 13.2 Å². The summed E-state index contributed by atoms with van der Waals surface area (Å²) in [5.41, 5.74) is -8.78. The molecule has 1 aliphatic heterocycles. The molecule has 0 radical (unpaired) electrons. The summed E-state index contributed by atoms with van der Waals surface area (Å²) in [6, 6.07) is 0. The molecule has 0 aromatic carbocycles. The van der Waals surface area contributed by atoms with Crippen molar-refractivity contribution in [3.8, 4) is 0 Å². The molecule has 10 nitrogen and oxygen atoms in total. The van der Waals surface area contributed by atoms with Gasteiger partial charge in [0.1, 0.15) is 23.4 Å². The van der Waals surface area contributed by atoms with Crippen LogP contribution in [0.4, 0.5) is 0 Å². The molecule has 3 aliphatic rings. The second kappa shape index (κ2) is 5.32. The van der Waals surface area contributed by atoms with Gasteiger partial charge in [0.2, 0.25) is 0 Å². The van der Waals surface area contributed by atoms with Crippen molar-refractivity contribution in [2.24, 2.45) is 11.3 Å². The van der Waals surface area contributed by atoms with Crippen molar-refractivity contribution in [3.63, 3.8) is 0 Å². The Labute approximate surface area is 143 Å². The minimum atomic E-state index is -2.44. The van der Waals surface area contributed by atoms with Gasteiger partial charge in [0.05, 0.1) is 48.6 Å². The van der Waals surface area contributed by atoms with Gasteiger partial charge in [-0.25, -0.2) is 0 Å². The fraction of sp³-hybridized carbons (Fsp3) is 1.00. The maximum absolute atomic E-state index is 11.0. The molecule has 1 spiro atoms. The van der Waals surface area contributed by atoms with Crippen molar-refractivity contribution in [2.45, 2.75) is 67.3 Å². The van der Waals surface area contributed by atoms with Crippen LogP contribution in [0.3, 0.4) is 0 Å². The SMILES string of the molecule is CC1(CO)OC23C(O)C1C(O)C(O)C2(CO)C(O)C(O)C(O)C3(C)O. The van der Waals surface area contributed by atoms with Gasteiger partial charge in [-0.1, -0.05) is 0 Å². The van der Waals surface area contributed by atoms with Crippen LogP contribution in [0, 0.1) is 11.3 Å². The zero-order chi connectivity index (χ0) is 19.2. The quantitative estimate of drug-likeness (QED) is 0.229. The fourth-order valence-electron chi connectivity index (χ4n) is 5.46. The van der Waals surface area contributed by atoms with Gasteiger partial charge in [-0.15, -0.1) is 0 Å². The van der Waals surface area contributed by atoms with Crippen molar-refractivity contribution in [1.29, 1.82) is 0 Å². The van der Waals surface area contributed by atoms with Gasteiger partial charge >= 0.3 is 0 Å². The molecular weight excluding hydrogens is 340 g/mol. The normalized spacial score (nSPS) is 64.2. The molecule has 25 heavy (non-hydrogen) atoms. The number of hydrogen-bond acceptors (Lipinski definition) is 10. The molecule has 146 valence electrons. The van der Waals surface area contributed by atoms with E-state index in [-0.39, 0.29) is 0 Å². The number of ether oxygens (including phenoxy) is 1. The molecule has 2 aliphatic carbocycles. The molecule has 3 rings (SSSR count). The Morgan fingerprint density at radius 1 is 0.760 bits per heavy atom. The maximum atomic E-state index is 11.0. The monoisotopic (exact) mass is 366 g/mol. The van der Waals surface area contributed by atoms with Crippen LogP contribution in [0.15, 0.2) is 0 Å². The zero-order valence-corrected chi connectivity index (χ0v) is 13.9. The summed E-state index contributed by atoms with van der Waals surface area (Å²) in [7, 11) is 0. The average Bonchev–Trinajstić information content (AvgIpc) is 2.78. The number of aliphatic hydroxyl groups excluding tert-OH is 8. The molecule has 0 aromatic rings. The van der Waals surface area contributed by atoms with Crippen LogP contribution in [-0.2, 0) is 4.74 Å². The lowest BCUT2D eigenvalue weighted by Crippen LogP contribution is -2.87. The van der Waals surface area contributed by atoms with Crippen molar-refractivity contribution < 1.29 is 50.7 Å². The second-order valence-electron chi connectivity index (χ2n) is 7.94. The highest BCUT2D eigenvalue weighted by atomic mass is 16.6. The van der Waals surface area contributed by atoms with Crippen LogP contribution in [0.25, 0.3) is 0 Å². The van der Waals surface area contributed by atoms with E-state index < -0.39 is 78.0 Å². The zero-order valence-electron chi connectivity index (χ0n) is 13.9. The summed E-state index contributed by atoms with van der Waals surface area (Å²) < 4.78 is 5.80. The molecule has 1 heterocycles. The molecule has 3 fully saturated rings. The number of fused-ring (bicyclic) bond motifs is 1. The Morgan fingerprint density at radius 3 is 1.76 bits per heavy atom. The summed E-state index contributed by atoms with van der Waals surface area (Å²) in [5, 5.41) is 94.0. The van der Waals surface area contributed by atoms with E-state index in [1.165, 1.54) is 6.92 Å². The smallest absolute Gasteiger partial charge is 0.139 e. The third-order valence-corrected chi connectivity index (χ3v) is 6.84. The third-order valence-electron chi connectivity index (χ3n) is 6.84. The molecule has 2 saturated carbocycles. The highest BCUT2D eigenvalue weighted by Crippen LogP contribution is 2.66. The Balaban J connectivity index is 2.36. The molecule has 11 atom stereocenters. The Bertz CT molecular complexity index is 556. The molecule has 0 aromatic heterocycles. The molecule has 2 bridgehead atoms. The van der Waals surface area contributed by atoms with Gasteiger partial charge in [-0.2, -0.15) is 0 Å². The molecular formula is C15H26O10. The van der Waals surface area contributed by atoms with E-state index in [9.17, 15) is 46.0 Å². The van der Waals surface area contributed by atoms with Crippen molar-refractivity contribution in [1.82, 2.24) is 0 Å². The van der Waals surface area contributed by atoms with Gasteiger partial charge in [0, 0.05) is 5.92 Å². The number of aliphatic hydroxyl groups is 9. The molecule has 1 saturated heterocycles. The third kappa shape index (κ3) is 1.74. The highest BCUT2D eigenvalue weighted by molar-refractivity contribution is 5.34. The van der Waals surface area contributed by atoms with E-state index in [1.54, 1.807) is 0 Å². The second-order valence-corrected chi connectivity index (χ2v) is 7.94. The van der Waals surface area contributed by atoms with Crippen LogP contribution >= 0.6 is 0 Å². The van der Waals surface area contributed by atoms with Gasteiger partial charge in [0.15, 0.2) is 0 Å². The average molecular weight is 366 g/mol. The van der Waals surface area contributed by atoms with Crippen LogP contribution < -0.4 is 0 Å². The first-order valence-corrected chi connectivity index (χ1v) is 8.13. The van der Waals surface area contributed by atoms with Crippen LogP contribution in [0.1, 0.15) is 13.8 Å². The predicted molar refractivity (Wildman–Crippen MR) is 79.0 cm³/mol. The molecule has 9 N–H and O–H groups in total. The van der Waals surface area contributed by atoms with E-state index in [0.29, 0.717) is 0 Å². The van der Waals surface area contributed by atoms with Crippen molar-refractivity contribution in [3.05, 3.63) is 0 Å². The summed E-state index contributed by atoms with van der Waals surface area (Å²) in [5.74, 6) is -1.28. The Morgan fingerprint density at radius 2 is 1.28 bits per heavy atom. The van der Waals surface area contributed by atoms with Gasteiger partial charge in [0.25, 0.3) is 0 Å². The molecule has 10 heteroatoms. The largest absolute Gasteiger partial charge is 0.395 e. The lowest BCUT2D eigenvalue weighted by atomic mass is 9.45. The highest BCUT2D eigenvalue weighted by Gasteiger charge is 2.86. The lowest BCUT2D eigenvalue weighted by Gasteiger charge is -2.66. The predicted octanol–water partition coefficient (Wildman–Crippen LogP) is -4.96. The number of hydrogen-bond donors (Lipinski definition) is 9. The van der Waals surface area contributed by atoms with E-state index >= 15 is 0 Å². The minimum absolute atomic E-state index is 0.716. The summed E-state index contributed by atoms with van der Waals surface area (Å²) in [4.78, 5) is 0. The summed E-state index contributed by atoms with van der Waals surface area (Å²) in [6.45, 7) is 0.564. The van der Waals surface area contributed by atoms with E-state index in [2.05, 4.69) is 0 Å². The van der Waals surface area contributed by atoms with Crippen molar-refractivity contribution >= 4 is 0 Å². The first kappa shape index (κ1) is 19.4. The first-order chi connectivity index (χ1) is 11.4. The standard InChI is InChI=1S/C15H26O10/c1-12(3-16)5-6(18)10(22)14(4-17)11(23)7(19)9(21)13(2,24)15(14,25-12)8(5)20/h5-11,16-24H,3-4H2,1-2H3. The van der Waals surface area contributed by atoms with E-state index in [1.807, 2.05) is 0 Å². The summed E-state index contributed by atoms with van der Waals surface area (Å²) >= 11 is 0. The van der Waals surface area contributed by atoms with Crippen LogP contribution in [0.5, 0.6) is 0 Å². The first-order valence-electron chi connectivity index (χ1n) is 8.13. The summed E-state index contributed by atoms with van der Waals surface area (Å²) in [6.07, 6.45) is -11.5. The van der Waals surface area contributed by atoms with Gasteiger partial charge < -0.3 is 50.7 Å². The lowest BCUT2D eigenvalue weighted by molar-refractivity contribution is -0.385. The molecule has 0 amide bonds. The maximum Gasteiger partial charge on any atom is 0.139 e. The van der Waals surface area contributed by atoms with E-state index in [0.717, 1.165) is 6.92 Å². The molecule has 11 unspecified atom stereocenters.